The van der Waals surface area contributed by atoms with Crippen molar-refractivity contribution >= 4 is 29.3 Å². The van der Waals surface area contributed by atoms with Crippen LogP contribution in [-0.4, -0.2) is 51.5 Å². The minimum Gasteiger partial charge on any atom is -0.492 e. The van der Waals surface area contributed by atoms with Crippen molar-refractivity contribution in [2.45, 2.75) is 12.1 Å². The Morgan fingerprint density at radius 1 is 1.17 bits per heavy atom. The second kappa shape index (κ2) is 9.80. The maximum atomic E-state index is 12.4. The molecule has 152 valence electrons. The number of aromatic nitrogens is 3. The molecule has 1 amide bonds. The number of benzene rings is 2. The monoisotopic (exact) mass is 430 g/mol. The Bertz CT molecular complexity index is 975. The average Bonchev–Trinajstić information content (AvgIpc) is 3.08. The molecule has 0 saturated carbocycles. The third-order valence-corrected chi connectivity index (χ3v) is 5.74. The van der Waals surface area contributed by atoms with Crippen molar-refractivity contribution in [1.82, 2.24) is 19.7 Å². The van der Waals surface area contributed by atoms with E-state index in [1.807, 2.05) is 42.8 Å². The lowest BCUT2D eigenvalue weighted by molar-refractivity contribution is -0.127. The number of ether oxygens (including phenoxy) is 1. The summed E-state index contributed by atoms with van der Waals surface area (Å²) in [7, 11) is 3.68. The molecule has 0 atom stereocenters. The second-order valence-corrected chi connectivity index (χ2v) is 7.97. The zero-order valence-corrected chi connectivity index (χ0v) is 18.2. The van der Waals surface area contributed by atoms with Crippen molar-refractivity contribution in [2.75, 3.05) is 26.0 Å². The Labute approximate surface area is 179 Å². The molecule has 0 radical (unpaired) electrons. The molecule has 0 aliphatic heterocycles. The van der Waals surface area contributed by atoms with Crippen LogP contribution in [0.2, 0.25) is 5.02 Å². The van der Waals surface area contributed by atoms with Gasteiger partial charge in [0.05, 0.1) is 12.3 Å². The van der Waals surface area contributed by atoms with Gasteiger partial charge in [-0.3, -0.25) is 4.79 Å². The number of aryl methyl sites for hydroxylation is 1. The Morgan fingerprint density at radius 2 is 1.90 bits per heavy atom. The molecule has 0 aliphatic carbocycles. The zero-order chi connectivity index (χ0) is 20.8. The zero-order valence-electron chi connectivity index (χ0n) is 16.6. The van der Waals surface area contributed by atoms with Gasteiger partial charge in [0, 0.05) is 24.7 Å². The summed E-state index contributed by atoms with van der Waals surface area (Å²) >= 11 is 7.23. The number of carbonyl (C=O) groups is 1. The first-order valence-corrected chi connectivity index (χ1v) is 10.5. The van der Waals surface area contributed by atoms with Crippen LogP contribution in [0, 0.1) is 6.92 Å². The van der Waals surface area contributed by atoms with Crippen LogP contribution in [0.15, 0.2) is 53.7 Å². The number of thioether (sulfide) groups is 1. The quantitative estimate of drug-likeness (QED) is 0.504. The van der Waals surface area contributed by atoms with Crippen molar-refractivity contribution < 1.29 is 9.53 Å². The second-order valence-electron chi connectivity index (χ2n) is 6.59. The normalized spacial score (nSPS) is 10.8. The van der Waals surface area contributed by atoms with Gasteiger partial charge in [-0.05, 0) is 36.8 Å². The summed E-state index contributed by atoms with van der Waals surface area (Å²) in [6.07, 6.45) is 0. The number of halogens is 1. The lowest BCUT2D eigenvalue weighted by atomic mass is 10.1. The highest BCUT2D eigenvalue weighted by atomic mass is 35.5. The molecule has 0 saturated heterocycles. The SMILES string of the molecule is Cc1ccccc1-c1nnc(SCC(=O)N(C)CCOc2ccc(Cl)cc2)n1C. The summed E-state index contributed by atoms with van der Waals surface area (Å²) in [5.74, 6) is 1.82. The minimum atomic E-state index is 0.00940. The van der Waals surface area contributed by atoms with E-state index in [9.17, 15) is 4.79 Å². The summed E-state index contributed by atoms with van der Waals surface area (Å²) in [5, 5.41) is 9.91. The fourth-order valence-electron chi connectivity index (χ4n) is 2.69. The molecule has 2 aromatic carbocycles. The van der Waals surface area contributed by atoms with E-state index in [-0.39, 0.29) is 11.7 Å². The summed E-state index contributed by atoms with van der Waals surface area (Å²) in [6.45, 7) is 2.95. The van der Waals surface area contributed by atoms with Crippen LogP contribution < -0.4 is 4.74 Å². The van der Waals surface area contributed by atoms with E-state index >= 15 is 0 Å². The fourth-order valence-corrected chi connectivity index (χ4v) is 3.67. The third-order valence-electron chi connectivity index (χ3n) is 4.48. The maximum absolute atomic E-state index is 12.4. The molecule has 0 N–H and O–H groups in total. The Morgan fingerprint density at radius 3 is 2.62 bits per heavy atom. The number of likely N-dealkylation sites (N-methyl/N-ethyl adjacent to an activating group) is 1. The van der Waals surface area contributed by atoms with Crippen molar-refractivity contribution in [3.8, 4) is 17.1 Å². The van der Waals surface area contributed by atoms with E-state index in [0.29, 0.717) is 23.3 Å². The molecule has 8 heteroatoms. The maximum Gasteiger partial charge on any atom is 0.232 e. The van der Waals surface area contributed by atoms with E-state index in [4.69, 9.17) is 16.3 Å². The molecule has 3 aromatic rings. The van der Waals surface area contributed by atoms with Gasteiger partial charge in [0.1, 0.15) is 12.4 Å². The van der Waals surface area contributed by atoms with Gasteiger partial charge in [-0.1, -0.05) is 47.6 Å². The lowest BCUT2D eigenvalue weighted by Gasteiger charge is -2.17. The van der Waals surface area contributed by atoms with Crippen LogP contribution in [0.25, 0.3) is 11.4 Å². The molecule has 0 unspecified atom stereocenters. The van der Waals surface area contributed by atoms with Gasteiger partial charge in [-0.15, -0.1) is 10.2 Å². The molecule has 29 heavy (non-hydrogen) atoms. The molecule has 1 aromatic heterocycles. The molecule has 0 bridgehead atoms. The number of hydrogen-bond acceptors (Lipinski definition) is 5. The van der Waals surface area contributed by atoms with Gasteiger partial charge in [0.2, 0.25) is 5.91 Å². The van der Waals surface area contributed by atoms with Crippen molar-refractivity contribution in [3.05, 3.63) is 59.1 Å². The number of carbonyl (C=O) groups excluding carboxylic acids is 1. The highest BCUT2D eigenvalue weighted by Gasteiger charge is 2.15. The van der Waals surface area contributed by atoms with E-state index in [1.165, 1.54) is 11.8 Å². The average molecular weight is 431 g/mol. The van der Waals surface area contributed by atoms with Gasteiger partial charge in [-0.2, -0.15) is 0 Å². The predicted octanol–water partition coefficient (Wildman–Crippen LogP) is 4.07. The fraction of sp³-hybridized carbons (Fsp3) is 0.286. The number of hydrogen-bond donors (Lipinski definition) is 0. The van der Waals surface area contributed by atoms with Gasteiger partial charge < -0.3 is 14.2 Å². The largest absolute Gasteiger partial charge is 0.492 e. The van der Waals surface area contributed by atoms with Crippen LogP contribution in [0.3, 0.4) is 0 Å². The topological polar surface area (TPSA) is 60.3 Å². The van der Waals surface area contributed by atoms with Crippen LogP contribution in [0.4, 0.5) is 0 Å². The number of nitrogens with zero attached hydrogens (tertiary/aromatic N) is 4. The van der Waals surface area contributed by atoms with Crippen LogP contribution in [-0.2, 0) is 11.8 Å². The van der Waals surface area contributed by atoms with E-state index < -0.39 is 0 Å². The Balaban J connectivity index is 1.50. The van der Waals surface area contributed by atoms with Crippen LogP contribution in [0.1, 0.15) is 5.56 Å². The number of rotatable bonds is 8. The first-order valence-electron chi connectivity index (χ1n) is 9.16. The van der Waals surface area contributed by atoms with Gasteiger partial charge in [-0.25, -0.2) is 0 Å². The van der Waals surface area contributed by atoms with Gasteiger partial charge in [0.25, 0.3) is 0 Å². The molecule has 6 nitrogen and oxygen atoms in total. The van der Waals surface area contributed by atoms with Gasteiger partial charge >= 0.3 is 0 Å². The highest BCUT2D eigenvalue weighted by Crippen LogP contribution is 2.25. The summed E-state index contributed by atoms with van der Waals surface area (Å²) in [4.78, 5) is 14.1. The molecular weight excluding hydrogens is 408 g/mol. The predicted molar refractivity (Wildman–Crippen MR) is 116 cm³/mol. The van der Waals surface area contributed by atoms with E-state index in [1.54, 1.807) is 36.2 Å². The summed E-state index contributed by atoms with van der Waals surface area (Å²) in [5.41, 5.74) is 2.17. The molecule has 0 fully saturated rings. The van der Waals surface area contributed by atoms with Crippen LogP contribution in [0.5, 0.6) is 5.75 Å². The first-order chi connectivity index (χ1) is 14.0. The van der Waals surface area contributed by atoms with Crippen LogP contribution >= 0.6 is 23.4 Å². The highest BCUT2D eigenvalue weighted by molar-refractivity contribution is 7.99. The summed E-state index contributed by atoms with van der Waals surface area (Å²) < 4.78 is 7.56. The first kappa shape index (κ1) is 21.2. The van der Waals surface area contributed by atoms with Gasteiger partial charge in [0.15, 0.2) is 11.0 Å². The standard InChI is InChI=1S/C21H23ClN4O2S/c1-15-6-4-5-7-18(15)20-23-24-21(26(20)3)29-14-19(27)25(2)12-13-28-17-10-8-16(22)9-11-17/h4-11H,12-14H2,1-3H3. The molecule has 3 rings (SSSR count). The molecular formula is C21H23ClN4O2S. The lowest BCUT2D eigenvalue weighted by Crippen LogP contribution is -2.32. The van der Waals surface area contributed by atoms with Crippen molar-refractivity contribution in [1.29, 1.82) is 0 Å². The minimum absolute atomic E-state index is 0.00940. The molecule has 0 spiro atoms. The number of amides is 1. The van der Waals surface area contributed by atoms with E-state index in [0.717, 1.165) is 22.7 Å². The van der Waals surface area contributed by atoms with Crippen molar-refractivity contribution in [3.63, 3.8) is 0 Å². The molecule has 0 aliphatic rings. The third kappa shape index (κ3) is 5.52. The Kier molecular flexibility index (Phi) is 7.17. The molecule has 1 heterocycles. The van der Waals surface area contributed by atoms with Crippen molar-refractivity contribution in [2.24, 2.45) is 7.05 Å². The van der Waals surface area contributed by atoms with E-state index in [2.05, 4.69) is 10.2 Å². The summed E-state index contributed by atoms with van der Waals surface area (Å²) in [6, 6.07) is 15.2. The smallest absolute Gasteiger partial charge is 0.232 e. The Hall–Kier alpha value is -2.51.